The van der Waals surface area contributed by atoms with E-state index >= 15 is 0 Å². The molecular formula is C15H18N2O4S2. The number of aliphatic hydroxyl groups is 1. The van der Waals surface area contributed by atoms with Crippen LogP contribution >= 0.6 is 23.5 Å². The number of fused-ring (bicyclic) bond motifs is 1. The summed E-state index contributed by atoms with van der Waals surface area (Å²) in [5.74, 6) is -1.14. The van der Waals surface area contributed by atoms with Crippen LogP contribution in [0.25, 0.3) is 0 Å². The van der Waals surface area contributed by atoms with Gasteiger partial charge in [-0.15, -0.1) is 11.8 Å². The fourth-order valence-corrected chi connectivity index (χ4v) is 5.68. The molecule has 0 bridgehead atoms. The van der Waals surface area contributed by atoms with E-state index in [9.17, 15) is 19.8 Å². The van der Waals surface area contributed by atoms with Crippen molar-refractivity contribution in [2.24, 2.45) is 5.92 Å². The Bertz CT molecular complexity index is 644. The van der Waals surface area contributed by atoms with Crippen LogP contribution in [0.5, 0.6) is 0 Å². The number of thioether (sulfide) groups is 2. The molecule has 0 aliphatic carbocycles. The first-order valence-corrected chi connectivity index (χ1v) is 9.30. The van der Waals surface area contributed by atoms with Gasteiger partial charge in [0.1, 0.15) is 5.37 Å². The van der Waals surface area contributed by atoms with E-state index in [0.717, 1.165) is 12.3 Å². The quantitative estimate of drug-likeness (QED) is 0.726. The Hall–Kier alpha value is -1.38. The summed E-state index contributed by atoms with van der Waals surface area (Å²) >= 11 is 2.84. The third kappa shape index (κ3) is 2.90. The van der Waals surface area contributed by atoms with Gasteiger partial charge in [-0.25, -0.2) is 4.79 Å². The number of β-lactam (4-membered cyclic amide) rings is 1. The Balaban J connectivity index is 1.69. The van der Waals surface area contributed by atoms with Crippen LogP contribution in [0.2, 0.25) is 0 Å². The molecule has 23 heavy (non-hydrogen) atoms. The van der Waals surface area contributed by atoms with Gasteiger partial charge < -0.3 is 14.8 Å². The third-order valence-corrected chi connectivity index (χ3v) is 6.67. The van der Waals surface area contributed by atoms with E-state index in [4.69, 9.17) is 0 Å². The molecule has 0 spiro atoms. The molecular weight excluding hydrogens is 336 g/mol. The van der Waals surface area contributed by atoms with E-state index in [1.807, 2.05) is 36.0 Å². The average molecular weight is 354 g/mol. The van der Waals surface area contributed by atoms with Gasteiger partial charge in [0.15, 0.2) is 5.70 Å². The maximum atomic E-state index is 12.2. The number of amides is 1. The summed E-state index contributed by atoms with van der Waals surface area (Å²) in [6.45, 7) is 2.59. The second-order valence-electron chi connectivity index (χ2n) is 5.43. The predicted molar refractivity (Wildman–Crippen MR) is 89.6 cm³/mol. The average Bonchev–Trinajstić information content (AvgIpc) is 3.13. The summed E-state index contributed by atoms with van der Waals surface area (Å²) in [7, 11) is 0. The molecule has 3 rings (SSSR count). The number of carboxylic acids is 1. The van der Waals surface area contributed by atoms with Gasteiger partial charge in [-0.1, -0.05) is 18.7 Å². The highest BCUT2D eigenvalue weighted by atomic mass is 32.2. The lowest BCUT2D eigenvalue weighted by atomic mass is 9.90. The van der Waals surface area contributed by atoms with Crippen LogP contribution in [0, 0.1) is 5.92 Å². The highest BCUT2D eigenvalue weighted by Crippen LogP contribution is 2.53. The summed E-state index contributed by atoms with van der Waals surface area (Å²) < 4.78 is 2.69. The Morgan fingerprint density at radius 1 is 1.43 bits per heavy atom. The van der Waals surface area contributed by atoms with Crippen molar-refractivity contribution < 1.29 is 19.8 Å². The van der Waals surface area contributed by atoms with E-state index in [2.05, 4.69) is 0 Å². The number of carbonyl (C=O) groups excluding carboxylic acids is 1. The van der Waals surface area contributed by atoms with Crippen molar-refractivity contribution in [3.8, 4) is 0 Å². The number of nitrogens with zero attached hydrogens (tertiary/aromatic N) is 2. The monoisotopic (exact) mass is 354 g/mol. The van der Waals surface area contributed by atoms with Crippen molar-refractivity contribution in [3.05, 3.63) is 34.5 Å². The van der Waals surface area contributed by atoms with Crippen molar-refractivity contribution in [1.29, 1.82) is 0 Å². The largest absolute Gasteiger partial charge is 0.477 e. The summed E-state index contributed by atoms with van der Waals surface area (Å²) in [5.41, 5.74) is 0.0714. The maximum Gasteiger partial charge on any atom is 0.354 e. The van der Waals surface area contributed by atoms with Crippen LogP contribution in [0.15, 0.2) is 34.5 Å². The highest BCUT2D eigenvalue weighted by molar-refractivity contribution is 8.22. The molecule has 1 amide bonds. The number of rotatable bonds is 7. The van der Waals surface area contributed by atoms with E-state index in [1.54, 1.807) is 0 Å². The minimum Gasteiger partial charge on any atom is -0.477 e. The van der Waals surface area contributed by atoms with Crippen LogP contribution in [0.3, 0.4) is 0 Å². The molecule has 2 aliphatic heterocycles. The Morgan fingerprint density at radius 2 is 2.13 bits per heavy atom. The molecule has 2 aliphatic rings. The minimum absolute atomic E-state index is 0.0714. The maximum absolute atomic E-state index is 12.2. The Morgan fingerprint density at radius 3 is 2.74 bits per heavy atom. The van der Waals surface area contributed by atoms with Crippen molar-refractivity contribution >= 4 is 35.4 Å². The zero-order valence-electron chi connectivity index (χ0n) is 12.6. The number of hydrogen-bond donors (Lipinski definition) is 2. The normalized spacial score (nSPS) is 24.6. The number of aliphatic carboxylic acids is 1. The minimum atomic E-state index is -1.08. The van der Waals surface area contributed by atoms with Gasteiger partial charge in [0.2, 0.25) is 5.91 Å². The molecule has 0 saturated carbocycles. The second kappa shape index (κ2) is 6.62. The van der Waals surface area contributed by atoms with Gasteiger partial charge >= 0.3 is 5.97 Å². The lowest BCUT2D eigenvalue weighted by molar-refractivity contribution is -0.157. The van der Waals surface area contributed by atoms with Crippen LogP contribution in [-0.2, 0) is 16.1 Å². The Kier molecular flexibility index (Phi) is 4.74. The molecule has 3 atom stereocenters. The topological polar surface area (TPSA) is 82.8 Å². The number of aryl methyl sites for hydroxylation is 1. The van der Waals surface area contributed by atoms with Gasteiger partial charge in [0.25, 0.3) is 0 Å². The molecule has 1 aromatic heterocycles. The van der Waals surface area contributed by atoms with Crippen LogP contribution in [-0.4, -0.2) is 48.8 Å². The lowest BCUT2D eigenvalue weighted by Crippen LogP contribution is -2.61. The number of aliphatic hydroxyl groups excluding tert-OH is 1. The standard InChI is InChI=1S/C15H18N2O4S2/c1-2-9(18)10-12(19)17-11(14(20)21)15(23-13(10)17)22-8-7-16-5-3-4-6-16/h3-6,9-10,13,18H,2,7-8H2,1H3,(H,20,21)/t9-,10+,13+/m0/s1. The van der Waals surface area contributed by atoms with E-state index in [0.29, 0.717) is 10.7 Å². The smallest absolute Gasteiger partial charge is 0.354 e. The van der Waals surface area contributed by atoms with E-state index < -0.39 is 18.0 Å². The van der Waals surface area contributed by atoms with Gasteiger partial charge in [-0.3, -0.25) is 9.69 Å². The fourth-order valence-electron chi connectivity index (χ4n) is 2.78. The summed E-state index contributed by atoms with van der Waals surface area (Å²) in [6.07, 6.45) is 3.69. The third-order valence-electron chi connectivity index (χ3n) is 4.03. The van der Waals surface area contributed by atoms with Crippen molar-refractivity contribution in [2.45, 2.75) is 31.4 Å². The van der Waals surface area contributed by atoms with Gasteiger partial charge in [0, 0.05) is 24.7 Å². The van der Waals surface area contributed by atoms with Gasteiger partial charge in [0.05, 0.1) is 16.3 Å². The van der Waals surface area contributed by atoms with Crippen molar-refractivity contribution in [3.63, 3.8) is 0 Å². The van der Waals surface area contributed by atoms with Gasteiger partial charge in [-0.2, -0.15) is 0 Å². The highest BCUT2D eigenvalue weighted by Gasteiger charge is 2.58. The fraction of sp³-hybridized carbons (Fsp3) is 0.467. The number of carbonyl (C=O) groups is 2. The predicted octanol–water partition coefficient (Wildman–Crippen LogP) is 1.78. The molecule has 124 valence electrons. The zero-order chi connectivity index (χ0) is 16.6. The van der Waals surface area contributed by atoms with Crippen molar-refractivity contribution in [2.75, 3.05) is 5.75 Å². The van der Waals surface area contributed by atoms with Gasteiger partial charge in [-0.05, 0) is 18.6 Å². The molecule has 0 radical (unpaired) electrons. The first-order chi connectivity index (χ1) is 11.0. The SMILES string of the molecule is CC[C@H](O)[C@@H]1C(=O)N2C(C(=O)O)=C(SCCn3cccc3)S[C@H]12. The number of aromatic nitrogens is 1. The lowest BCUT2D eigenvalue weighted by Gasteiger charge is -2.44. The molecule has 3 heterocycles. The van der Waals surface area contributed by atoms with Crippen LogP contribution < -0.4 is 0 Å². The van der Waals surface area contributed by atoms with E-state index in [-0.39, 0.29) is 17.0 Å². The molecule has 0 aromatic carbocycles. The molecule has 1 aromatic rings. The summed E-state index contributed by atoms with van der Waals surface area (Å²) in [4.78, 5) is 25.1. The first kappa shape index (κ1) is 16.5. The molecule has 1 saturated heterocycles. The zero-order valence-corrected chi connectivity index (χ0v) is 14.2. The second-order valence-corrected chi connectivity index (χ2v) is 7.92. The molecule has 2 N–H and O–H groups in total. The number of carboxylic acid groups (broad SMARTS) is 1. The van der Waals surface area contributed by atoms with Crippen LogP contribution in [0.4, 0.5) is 0 Å². The summed E-state index contributed by atoms with van der Waals surface area (Å²) in [5, 5.41) is 19.1. The molecule has 8 heteroatoms. The Labute approximate surface area is 142 Å². The molecule has 0 unspecified atom stereocenters. The van der Waals surface area contributed by atoms with Crippen LogP contribution in [0.1, 0.15) is 13.3 Å². The molecule has 6 nitrogen and oxygen atoms in total. The molecule has 1 fully saturated rings. The first-order valence-electron chi connectivity index (χ1n) is 7.43. The summed E-state index contributed by atoms with van der Waals surface area (Å²) in [6, 6.07) is 3.89. The van der Waals surface area contributed by atoms with Crippen molar-refractivity contribution in [1.82, 2.24) is 9.47 Å². The van der Waals surface area contributed by atoms with E-state index in [1.165, 1.54) is 28.4 Å². The number of hydrogen-bond acceptors (Lipinski definition) is 5.